The summed E-state index contributed by atoms with van der Waals surface area (Å²) in [4.78, 5) is 28.7. The van der Waals surface area contributed by atoms with Crippen LogP contribution in [0.2, 0.25) is 0 Å². The first-order valence-corrected chi connectivity index (χ1v) is 8.20. The van der Waals surface area contributed by atoms with Crippen LogP contribution in [0.15, 0.2) is 45.6 Å². The summed E-state index contributed by atoms with van der Waals surface area (Å²) in [6.07, 6.45) is 0.522. The van der Waals surface area contributed by atoms with Crippen LogP contribution in [0.5, 0.6) is 0 Å². The van der Waals surface area contributed by atoms with E-state index in [-0.39, 0.29) is 18.0 Å². The van der Waals surface area contributed by atoms with Crippen LogP contribution in [-0.2, 0) is 11.2 Å². The predicted molar refractivity (Wildman–Crippen MR) is 97.9 cm³/mol. The summed E-state index contributed by atoms with van der Waals surface area (Å²) in [6, 6.07) is 11.2. The largest absolute Gasteiger partial charge is 0.423 e. The third-order valence-corrected chi connectivity index (χ3v) is 4.20. The topological polar surface area (TPSA) is 72.2 Å². The van der Waals surface area contributed by atoms with Crippen molar-refractivity contribution in [1.29, 1.82) is 0 Å². The van der Waals surface area contributed by atoms with Crippen molar-refractivity contribution in [2.45, 2.75) is 33.6 Å². The highest BCUT2D eigenvalue weighted by molar-refractivity contribution is 5.90. The van der Waals surface area contributed by atoms with Crippen molar-refractivity contribution in [3.63, 3.8) is 0 Å². The highest BCUT2D eigenvalue weighted by atomic mass is 16.4. The maximum Gasteiger partial charge on any atom is 0.339 e. The quantitative estimate of drug-likeness (QED) is 0.738. The summed E-state index contributed by atoms with van der Waals surface area (Å²) in [7, 11) is 0. The number of rotatable bonds is 4. The number of amides is 1. The molecule has 0 saturated carbocycles. The van der Waals surface area contributed by atoms with Gasteiger partial charge in [-0.25, -0.2) is 9.78 Å². The Bertz CT molecular complexity index is 1010. The van der Waals surface area contributed by atoms with Crippen LogP contribution < -0.4 is 10.9 Å². The third kappa shape index (κ3) is 3.76. The Morgan fingerprint density at radius 1 is 1.16 bits per heavy atom. The highest BCUT2D eigenvalue weighted by Crippen LogP contribution is 2.21. The molecule has 0 aliphatic rings. The SMILES string of the molecule is Cc1ccc2c(C)c(CCC(=O)Nc3cccc(C)n3)c(=O)oc2c1. The van der Waals surface area contributed by atoms with Crippen LogP contribution in [0, 0.1) is 20.8 Å². The molecular weight excluding hydrogens is 316 g/mol. The lowest BCUT2D eigenvalue weighted by molar-refractivity contribution is -0.116. The van der Waals surface area contributed by atoms with Crippen LogP contribution in [0.25, 0.3) is 11.0 Å². The van der Waals surface area contributed by atoms with Gasteiger partial charge in [0.25, 0.3) is 0 Å². The number of pyridine rings is 1. The van der Waals surface area contributed by atoms with Crippen LogP contribution in [0.4, 0.5) is 5.82 Å². The Labute approximate surface area is 145 Å². The van der Waals surface area contributed by atoms with Gasteiger partial charge < -0.3 is 9.73 Å². The summed E-state index contributed by atoms with van der Waals surface area (Å²) in [5, 5.41) is 3.66. The van der Waals surface area contributed by atoms with Gasteiger partial charge in [-0.1, -0.05) is 18.2 Å². The van der Waals surface area contributed by atoms with Gasteiger partial charge >= 0.3 is 5.63 Å². The molecule has 0 radical (unpaired) electrons. The number of benzene rings is 1. The van der Waals surface area contributed by atoms with E-state index in [1.54, 1.807) is 6.07 Å². The summed E-state index contributed by atoms with van der Waals surface area (Å²) < 4.78 is 5.42. The van der Waals surface area contributed by atoms with E-state index < -0.39 is 0 Å². The van der Waals surface area contributed by atoms with E-state index in [0.29, 0.717) is 23.4 Å². The molecule has 3 rings (SSSR count). The van der Waals surface area contributed by atoms with Gasteiger partial charge in [-0.05, 0) is 56.5 Å². The number of nitrogens with zero attached hydrogens (tertiary/aromatic N) is 1. The van der Waals surface area contributed by atoms with Crippen molar-refractivity contribution in [3.05, 3.63) is 69.2 Å². The molecule has 0 unspecified atom stereocenters. The number of hydrogen-bond acceptors (Lipinski definition) is 4. The molecule has 3 aromatic rings. The predicted octanol–water partition coefficient (Wildman–Crippen LogP) is 3.68. The number of carbonyl (C=O) groups is 1. The van der Waals surface area contributed by atoms with Gasteiger partial charge in [0, 0.05) is 23.1 Å². The van der Waals surface area contributed by atoms with Gasteiger partial charge in [0.15, 0.2) is 0 Å². The van der Waals surface area contributed by atoms with E-state index in [1.165, 1.54) is 0 Å². The zero-order valence-corrected chi connectivity index (χ0v) is 14.6. The van der Waals surface area contributed by atoms with Gasteiger partial charge in [0.1, 0.15) is 11.4 Å². The minimum atomic E-state index is -0.378. The maximum atomic E-state index is 12.3. The molecule has 0 aliphatic carbocycles. The highest BCUT2D eigenvalue weighted by Gasteiger charge is 2.13. The second kappa shape index (κ2) is 6.89. The molecule has 1 amide bonds. The molecule has 25 heavy (non-hydrogen) atoms. The maximum absolute atomic E-state index is 12.3. The molecule has 2 heterocycles. The van der Waals surface area contributed by atoms with Crippen molar-refractivity contribution in [3.8, 4) is 0 Å². The van der Waals surface area contributed by atoms with Crippen LogP contribution in [0.1, 0.15) is 28.8 Å². The number of nitrogens with one attached hydrogen (secondary N) is 1. The lowest BCUT2D eigenvalue weighted by Gasteiger charge is -2.09. The lowest BCUT2D eigenvalue weighted by Crippen LogP contribution is -2.17. The molecule has 0 aliphatic heterocycles. The molecule has 5 nitrogen and oxygen atoms in total. The van der Waals surface area contributed by atoms with Crippen molar-refractivity contribution in [2.24, 2.45) is 0 Å². The zero-order valence-electron chi connectivity index (χ0n) is 14.6. The molecule has 1 aromatic carbocycles. The third-order valence-electron chi connectivity index (χ3n) is 4.20. The average molecular weight is 336 g/mol. The Balaban J connectivity index is 1.78. The van der Waals surface area contributed by atoms with E-state index in [9.17, 15) is 9.59 Å². The Hall–Kier alpha value is -2.95. The number of aromatic nitrogens is 1. The van der Waals surface area contributed by atoms with E-state index in [2.05, 4.69) is 10.3 Å². The molecule has 0 atom stereocenters. The molecule has 1 N–H and O–H groups in total. The van der Waals surface area contributed by atoms with E-state index in [1.807, 2.05) is 51.1 Å². The fourth-order valence-electron chi connectivity index (χ4n) is 2.85. The number of anilines is 1. The number of carbonyl (C=O) groups excluding carboxylic acids is 1. The molecule has 0 saturated heterocycles. The average Bonchev–Trinajstić information content (AvgIpc) is 2.54. The van der Waals surface area contributed by atoms with Crippen LogP contribution in [0.3, 0.4) is 0 Å². The minimum Gasteiger partial charge on any atom is -0.423 e. The van der Waals surface area contributed by atoms with Gasteiger partial charge in [0.05, 0.1) is 0 Å². The summed E-state index contributed by atoms with van der Waals surface area (Å²) in [5.41, 5.74) is 3.49. The van der Waals surface area contributed by atoms with E-state index >= 15 is 0 Å². The lowest BCUT2D eigenvalue weighted by atomic mass is 10.0. The van der Waals surface area contributed by atoms with Gasteiger partial charge in [-0.15, -0.1) is 0 Å². The van der Waals surface area contributed by atoms with Gasteiger partial charge in [-0.3, -0.25) is 4.79 Å². The molecule has 0 spiro atoms. The fourth-order valence-corrected chi connectivity index (χ4v) is 2.85. The normalized spacial score (nSPS) is 10.8. The van der Waals surface area contributed by atoms with Gasteiger partial charge in [-0.2, -0.15) is 0 Å². The molecule has 128 valence electrons. The van der Waals surface area contributed by atoms with E-state index in [0.717, 1.165) is 22.2 Å². The van der Waals surface area contributed by atoms with Crippen molar-refractivity contribution < 1.29 is 9.21 Å². The van der Waals surface area contributed by atoms with Crippen molar-refractivity contribution in [2.75, 3.05) is 5.32 Å². The first-order chi connectivity index (χ1) is 11.9. The van der Waals surface area contributed by atoms with Crippen molar-refractivity contribution in [1.82, 2.24) is 4.98 Å². The zero-order chi connectivity index (χ0) is 18.0. The number of hydrogen-bond donors (Lipinski definition) is 1. The number of aryl methyl sites for hydroxylation is 3. The molecular formula is C20H20N2O3. The summed E-state index contributed by atoms with van der Waals surface area (Å²) >= 11 is 0. The first kappa shape index (κ1) is 16.9. The molecule has 5 heteroatoms. The standard InChI is InChI=1S/C20H20N2O3/c1-12-7-8-15-14(3)16(20(24)25-17(15)11-12)9-10-19(23)22-18-6-4-5-13(2)21-18/h4-8,11H,9-10H2,1-3H3,(H,21,22,23). The van der Waals surface area contributed by atoms with Gasteiger partial charge in [0.2, 0.25) is 5.91 Å². The second-order valence-electron chi connectivity index (χ2n) is 6.21. The molecule has 0 bridgehead atoms. The Morgan fingerprint density at radius 2 is 1.96 bits per heavy atom. The van der Waals surface area contributed by atoms with Crippen molar-refractivity contribution >= 4 is 22.7 Å². The Kier molecular flexibility index (Phi) is 4.65. The molecule has 2 aromatic heterocycles. The fraction of sp³-hybridized carbons (Fsp3) is 0.250. The summed E-state index contributed by atoms with van der Waals surface area (Å²) in [5.74, 6) is 0.337. The minimum absolute atomic E-state index is 0.180. The monoisotopic (exact) mass is 336 g/mol. The van der Waals surface area contributed by atoms with E-state index in [4.69, 9.17) is 4.42 Å². The first-order valence-electron chi connectivity index (χ1n) is 8.20. The Morgan fingerprint density at radius 3 is 2.72 bits per heavy atom. The van der Waals surface area contributed by atoms with Crippen LogP contribution in [-0.4, -0.2) is 10.9 Å². The number of fused-ring (bicyclic) bond motifs is 1. The summed E-state index contributed by atoms with van der Waals surface area (Å²) in [6.45, 7) is 5.71. The molecule has 0 fully saturated rings. The smallest absolute Gasteiger partial charge is 0.339 e. The second-order valence-corrected chi connectivity index (χ2v) is 6.21. The van der Waals surface area contributed by atoms with Crippen LogP contribution >= 0.6 is 0 Å².